The number of nitrogens with zero attached hydrogens (tertiary/aromatic N) is 2. The van der Waals surface area contributed by atoms with E-state index in [1.807, 2.05) is 84.9 Å². The summed E-state index contributed by atoms with van der Waals surface area (Å²) < 4.78 is 5.24. The number of hydrogen-bond acceptors (Lipinski definition) is 6. The zero-order chi connectivity index (χ0) is 30.2. The van der Waals surface area contributed by atoms with Crippen molar-refractivity contribution in [2.24, 2.45) is 5.73 Å². The predicted molar refractivity (Wildman–Crippen MR) is 170 cm³/mol. The number of methoxy groups -OCH3 is 1. The molecule has 5 N–H and O–H groups in total. The lowest BCUT2D eigenvalue weighted by Crippen LogP contribution is -2.51. The van der Waals surface area contributed by atoms with E-state index in [1.54, 1.807) is 30.2 Å². The summed E-state index contributed by atoms with van der Waals surface area (Å²) in [5, 5.41) is 13.9. The predicted octanol–water partition coefficient (Wildman–Crippen LogP) is 4.26. The number of piperazine rings is 1. The van der Waals surface area contributed by atoms with Crippen LogP contribution in [0.4, 0.5) is 11.4 Å². The zero-order valence-electron chi connectivity index (χ0n) is 24.1. The van der Waals surface area contributed by atoms with E-state index in [0.717, 1.165) is 28.1 Å². The minimum absolute atomic E-state index is 0.0606. The summed E-state index contributed by atoms with van der Waals surface area (Å²) in [6.45, 7) is 2.45. The molecule has 4 aromatic carbocycles. The first kappa shape index (κ1) is 29.2. The molecular weight excluding hydrogens is 540 g/mol. The van der Waals surface area contributed by atoms with Gasteiger partial charge in [0.25, 0.3) is 0 Å². The maximum absolute atomic E-state index is 13.6. The van der Waals surface area contributed by atoms with Gasteiger partial charge in [0.05, 0.1) is 13.7 Å². The Bertz CT molecular complexity index is 1550. The third kappa shape index (κ3) is 7.32. The molecule has 1 unspecified atom stereocenters. The summed E-state index contributed by atoms with van der Waals surface area (Å²) in [7, 11) is 1.64. The van der Waals surface area contributed by atoms with Gasteiger partial charge in [0, 0.05) is 43.1 Å². The highest BCUT2D eigenvalue weighted by Crippen LogP contribution is 2.25. The Morgan fingerprint density at radius 3 is 2.19 bits per heavy atom. The summed E-state index contributed by atoms with van der Waals surface area (Å²) in [5.74, 6) is 0.291. The van der Waals surface area contributed by atoms with Gasteiger partial charge in [0.2, 0.25) is 11.8 Å². The molecule has 2 amide bonds. The summed E-state index contributed by atoms with van der Waals surface area (Å²) >= 11 is 0. The highest BCUT2D eigenvalue weighted by molar-refractivity contribution is 5.96. The molecule has 1 atom stereocenters. The monoisotopic (exact) mass is 576 g/mol. The fraction of sp³-hybridized carbons (Fsp3) is 0.206. The van der Waals surface area contributed by atoms with Crippen LogP contribution in [-0.4, -0.2) is 62.4 Å². The van der Waals surface area contributed by atoms with Crippen molar-refractivity contribution in [1.82, 2.24) is 10.2 Å². The molecule has 9 nitrogen and oxygen atoms in total. The highest BCUT2D eigenvalue weighted by Gasteiger charge is 2.25. The Labute approximate surface area is 251 Å². The molecule has 1 fully saturated rings. The van der Waals surface area contributed by atoms with Crippen molar-refractivity contribution in [3.05, 3.63) is 114 Å². The lowest BCUT2D eigenvalue weighted by atomic mass is 10.00. The Morgan fingerprint density at radius 2 is 1.53 bits per heavy atom. The molecule has 1 heterocycles. The fourth-order valence-corrected chi connectivity index (χ4v) is 5.13. The van der Waals surface area contributed by atoms with Gasteiger partial charge in [-0.1, -0.05) is 66.7 Å². The van der Waals surface area contributed by atoms with Crippen LogP contribution in [0.1, 0.15) is 17.2 Å². The van der Waals surface area contributed by atoms with Gasteiger partial charge in [-0.3, -0.25) is 15.0 Å². The van der Waals surface area contributed by atoms with Crippen LogP contribution in [0.2, 0.25) is 0 Å². The van der Waals surface area contributed by atoms with Gasteiger partial charge in [-0.15, -0.1) is 0 Å². The van der Waals surface area contributed by atoms with Crippen molar-refractivity contribution in [2.75, 3.05) is 50.1 Å². The Kier molecular flexibility index (Phi) is 9.21. The average Bonchev–Trinajstić information content (AvgIpc) is 3.06. The summed E-state index contributed by atoms with van der Waals surface area (Å²) in [6, 6.07) is 32.0. The molecule has 9 heteroatoms. The molecule has 0 saturated carbocycles. The number of nitrogen functional groups attached to an aromatic ring is 1. The van der Waals surface area contributed by atoms with Gasteiger partial charge in [0.1, 0.15) is 17.6 Å². The van der Waals surface area contributed by atoms with Gasteiger partial charge in [-0.25, -0.2) is 0 Å². The first-order chi connectivity index (χ1) is 20.9. The van der Waals surface area contributed by atoms with E-state index in [0.29, 0.717) is 37.4 Å². The van der Waals surface area contributed by atoms with Crippen molar-refractivity contribution < 1.29 is 14.3 Å². The standard InChI is InChI=1S/C34H36N6O3/c1-43-30-16-14-29(15-17-30)39-18-20-40(21-19-39)31(41)23-37-34(42)32(38-28-9-5-8-27(22-28)33(35)36)26-12-10-25(11-13-26)24-6-3-2-4-7-24/h2-17,22,32,38H,18-21,23H2,1H3,(H3,35,36)(H,37,42). The quantitative estimate of drug-likeness (QED) is 0.165. The molecule has 0 aromatic heterocycles. The van der Waals surface area contributed by atoms with Gasteiger partial charge in [0.15, 0.2) is 0 Å². The number of nitrogens with two attached hydrogens (primary N) is 1. The smallest absolute Gasteiger partial charge is 0.247 e. The topological polar surface area (TPSA) is 124 Å². The molecular formula is C34H36N6O3. The minimum Gasteiger partial charge on any atom is -0.497 e. The van der Waals surface area contributed by atoms with Crippen molar-refractivity contribution in [2.45, 2.75) is 6.04 Å². The second kappa shape index (κ2) is 13.6. The molecule has 1 aliphatic rings. The minimum atomic E-state index is -0.772. The third-order valence-electron chi connectivity index (χ3n) is 7.58. The number of carbonyl (C=O) groups excluding carboxylic acids is 2. The maximum Gasteiger partial charge on any atom is 0.247 e. The van der Waals surface area contributed by atoms with Gasteiger partial charge in [-0.05, 0) is 53.1 Å². The molecule has 220 valence electrons. The number of benzene rings is 4. The lowest BCUT2D eigenvalue weighted by Gasteiger charge is -2.36. The normalized spacial score (nSPS) is 13.6. The van der Waals surface area contributed by atoms with E-state index in [-0.39, 0.29) is 24.2 Å². The molecule has 4 aromatic rings. The molecule has 1 saturated heterocycles. The van der Waals surface area contributed by atoms with Crippen LogP contribution < -0.4 is 26.0 Å². The number of anilines is 2. The van der Waals surface area contributed by atoms with Crippen molar-refractivity contribution in [3.8, 4) is 16.9 Å². The molecule has 0 spiro atoms. The number of rotatable bonds is 10. The number of carbonyl (C=O) groups is 2. The second-order valence-electron chi connectivity index (χ2n) is 10.3. The second-order valence-corrected chi connectivity index (χ2v) is 10.3. The number of amides is 2. The molecule has 0 radical (unpaired) electrons. The Balaban J connectivity index is 1.25. The fourth-order valence-electron chi connectivity index (χ4n) is 5.13. The largest absolute Gasteiger partial charge is 0.497 e. The molecule has 0 bridgehead atoms. The van der Waals surface area contributed by atoms with Crippen molar-refractivity contribution >= 4 is 29.0 Å². The summed E-state index contributed by atoms with van der Waals surface area (Å²) in [4.78, 5) is 30.7. The molecule has 0 aliphatic carbocycles. The van der Waals surface area contributed by atoms with Crippen LogP contribution in [0.5, 0.6) is 5.75 Å². The third-order valence-corrected chi connectivity index (χ3v) is 7.58. The van der Waals surface area contributed by atoms with Crippen LogP contribution in [0.3, 0.4) is 0 Å². The average molecular weight is 577 g/mol. The van der Waals surface area contributed by atoms with Gasteiger partial charge in [-0.2, -0.15) is 0 Å². The molecule has 5 rings (SSSR count). The van der Waals surface area contributed by atoms with E-state index < -0.39 is 6.04 Å². The van der Waals surface area contributed by atoms with E-state index >= 15 is 0 Å². The summed E-state index contributed by atoms with van der Waals surface area (Å²) in [5.41, 5.74) is 10.8. The SMILES string of the molecule is COc1ccc(N2CCN(C(=O)CNC(=O)C(Nc3cccc(C(=N)N)c3)c3ccc(-c4ccccc4)cc3)CC2)cc1. The van der Waals surface area contributed by atoms with E-state index in [9.17, 15) is 9.59 Å². The number of ether oxygens (including phenoxy) is 1. The molecule has 43 heavy (non-hydrogen) atoms. The van der Waals surface area contributed by atoms with Crippen LogP contribution in [0, 0.1) is 5.41 Å². The maximum atomic E-state index is 13.6. The van der Waals surface area contributed by atoms with E-state index in [2.05, 4.69) is 15.5 Å². The molecule has 1 aliphatic heterocycles. The van der Waals surface area contributed by atoms with Crippen LogP contribution >= 0.6 is 0 Å². The van der Waals surface area contributed by atoms with Crippen LogP contribution in [0.25, 0.3) is 11.1 Å². The number of amidine groups is 1. The number of hydrogen-bond donors (Lipinski definition) is 4. The van der Waals surface area contributed by atoms with Gasteiger partial charge >= 0.3 is 0 Å². The van der Waals surface area contributed by atoms with E-state index in [1.165, 1.54) is 0 Å². The van der Waals surface area contributed by atoms with Crippen molar-refractivity contribution in [1.29, 1.82) is 5.41 Å². The Morgan fingerprint density at radius 1 is 0.860 bits per heavy atom. The number of nitrogens with one attached hydrogen (secondary N) is 3. The van der Waals surface area contributed by atoms with E-state index in [4.69, 9.17) is 15.9 Å². The lowest BCUT2D eigenvalue weighted by molar-refractivity contribution is -0.133. The van der Waals surface area contributed by atoms with Crippen LogP contribution in [0.15, 0.2) is 103 Å². The first-order valence-electron chi connectivity index (χ1n) is 14.2. The first-order valence-corrected chi connectivity index (χ1v) is 14.2. The zero-order valence-corrected chi connectivity index (χ0v) is 24.1. The van der Waals surface area contributed by atoms with Crippen LogP contribution in [-0.2, 0) is 9.59 Å². The highest BCUT2D eigenvalue weighted by atomic mass is 16.5. The van der Waals surface area contributed by atoms with Crippen molar-refractivity contribution in [3.63, 3.8) is 0 Å². The Hall–Kier alpha value is -5.31. The van der Waals surface area contributed by atoms with Gasteiger partial charge < -0.3 is 30.9 Å². The summed E-state index contributed by atoms with van der Waals surface area (Å²) in [6.07, 6.45) is 0.